The Kier molecular flexibility index (Phi) is 3.87. The first-order valence-corrected chi connectivity index (χ1v) is 6.32. The standard InChI is InChI=1S/C13H15ClN2O2/c14-10-4-3-6-11(9(10)8-17)16-7-2-1-5-12(16)13(15)18/h3-4,6,8,12H,1-2,5,7H2,(H2,15,18). The summed E-state index contributed by atoms with van der Waals surface area (Å²) in [7, 11) is 0. The van der Waals surface area contributed by atoms with Crippen LogP contribution in [-0.2, 0) is 4.79 Å². The lowest BCUT2D eigenvalue weighted by molar-refractivity contribution is -0.119. The van der Waals surface area contributed by atoms with Crippen molar-refractivity contribution in [3.05, 3.63) is 28.8 Å². The summed E-state index contributed by atoms with van der Waals surface area (Å²) >= 11 is 6.00. The molecular weight excluding hydrogens is 252 g/mol. The van der Waals surface area contributed by atoms with E-state index in [0.717, 1.165) is 32.1 Å². The van der Waals surface area contributed by atoms with Crippen molar-refractivity contribution in [3.8, 4) is 0 Å². The first kappa shape index (κ1) is 12.9. The molecule has 0 aromatic heterocycles. The number of amides is 1. The van der Waals surface area contributed by atoms with Gasteiger partial charge in [-0.2, -0.15) is 0 Å². The topological polar surface area (TPSA) is 63.4 Å². The number of piperidine rings is 1. The van der Waals surface area contributed by atoms with Gasteiger partial charge in [0.25, 0.3) is 0 Å². The highest BCUT2D eigenvalue weighted by molar-refractivity contribution is 6.33. The molecule has 1 unspecified atom stereocenters. The third-order valence-electron chi connectivity index (χ3n) is 3.29. The molecule has 1 amide bonds. The van der Waals surface area contributed by atoms with Crippen LogP contribution in [0.1, 0.15) is 29.6 Å². The number of hydrogen-bond acceptors (Lipinski definition) is 3. The van der Waals surface area contributed by atoms with E-state index in [4.69, 9.17) is 17.3 Å². The summed E-state index contributed by atoms with van der Waals surface area (Å²) in [5.74, 6) is -0.355. The number of carbonyl (C=O) groups excluding carboxylic acids is 2. The molecule has 5 heteroatoms. The molecule has 1 fully saturated rings. The van der Waals surface area contributed by atoms with Crippen molar-refractivity contribution in [2.24, 2.45) is 5.73 Å². The zero-order valence-electron chi connectivity index (χ0n) is 9.93. The zero-order chi connectivity index (χ0) is 13.1. The van der Waals surface area contributed by atoms with Crippen molar-refractivity contribution >= 4 is 29.5 Å². The van der Waals surface area contributed by atoms with E-state index < -0.39 is 0 Å². The lowest BCUT2D eigenvalue weighted by atomic mass is 9.99. The highest BCUT2D eigenvalue weighted by Gasteiger charge is 2.28. The van der Waals surface area contributed by atoms with Crippen LogP contribution >= 0.6 is 11.6 Å². The van der Waals surface area contributed by atoms with Crippen LogP contribution in [0.25, 0.3) is 0 Å². The van der Waals surface area contributed by atoms with Crippen molar-refractivity contribution in [2.45, 2.75) is 25.3 Å². The van der Waals surface area contributed by atoms with E-state index in [0.29, 0.717) is 16.3 Å². The molecule has 1 atom stereocenters. The Morgan fingerprint density at radius 3 is 2.89 bits per heavy atom. The van der Waals surface area contributed by atoms with Gasteiger partial charge < -0.3 is 10.6 Å². The number of halogens is 1. The Morgan fingerprint density at radius 2 is 2.22 bits per heavy atom. The molecule has 4 nitrogen and oxygen atoms in total. The van der Waals surface area contributed by atoms with Gasteiger partial charge in [-0.3, -0.25) is 9.59 Å². The van der Waals surface area contributed by atoms with E-state index in [1.165, 1.54) is 0 Å². The number of primary amides is 1. The summed E-state index contributed by atoms with van der Waals surface area (Å²) in [6.45, 7) is 0.717. The maximum Gasteiger partial charge on any atom is 0.240 e. The molecule has 96 valence electrons. The number of anilines is 1. The summed E-state index contributed by atoms with van der Waals surface area (Å²) in [5.41, 5.74) is 6.54. The Morgan fingerprint density at radius 1 is 1.44 bits per heavy atom. The summed E-state index contributed by atoms with van der Waals surface area (Å²) in [4.78, 5) is 24.5. The number of benzene rings is 1. The van der Waals surface area contributed by atoms with E-state index in [1.807, 2.05) is 4.90 Å². The highest BCUT2D eigenvalue weighted by Crippen LogP contribution is 2.30. The van der Waals surface area contributed by atoms with Crippen LogP contribution in [0.4, 0.5) is 5.69 Å². The van der Waals surface area contributed by atoms with Crippen molar-refractivity contribution in [1.82, 2.24) is 0 Å². The number of rotatable bonds is 3. The molecule has 0 bridgehead atoms. The summed E-state index contributed by atoms with van der Waals surface area (Å²) < 4.78 is 0. The molecule has 0 saturated carbocycles. The predicted molar refractivity (Wildman–Crippen MR) is 71.0 cm³/mol. The third kappa shape index (κ3) is 2.34. The quantitative estimate of drug-likeness (QED) is 0.851. The molecule has 0 radical (unpaired) electrons. The highest BCUT2D eigenvalue weighted by atomic mass is 35.5. The average Bonchev–Trinajstić information content (AvgIpc) is 2.38. The number of hydrogen-bond donors (Lipinski definition) is 1. The second kappa shape index (κ2) is 5.40. The van der Waals surface area contributed by atoms with E-state index in [2.05, 4.69) is 0 Å². The Bertz CT molecular complexity index is 476. The lowest BCUT2D eigenvalue weighted by Gasteiger charge is -2.36. The maximum atomic E-state index is 11.5. The normalized spacial score (nSPS) is 19.6. The van der Waals surface area contributed by atoms with Gasteiger partial charge in [-0.25, -0.2) is 0 Å². The Labute approximate surface area is 111 Å². The summed E-state index contributed by atoms with van der Waals surface area (Å²) in [6.07, 6.45) is 3.40. The molecule has 1 aliphatic rings. The van der Waals surface area contributed by atoms with Gasteiger partial charge in [0.15, 0.2) is 6.29 Å². The van der Waals surface area contributed by atoms with Crippen LogP contribution in [0, 0.1) is 0 Å². The first-order valence-electron chi connectivity index (χ1n) is 5.95. The van der Waals surface area contributed by atoms with Gasteiger partial charge >= 0.3 is 0 Å². The lowest BCUT2D eigenvalue weighted by Crippen LogP contribution is -2.48. The molecule has 0 aliphatic carbocycles. The van der Waals surface area contributed by atoms with Gasteiger partial charge in [-0.05, 0) is 31.4 Å². The molecule has 0 spiro atoms. The van der Waals surface area contributed by atoms with Crippen molar-refractivity contribution in [2.75, 3.05) is 11.4 Å². The van der Waals surface area contributed by atoms with E-state index in [-0.39, 0.29) is 11.9 Å². The molecule has 2 rings (SSSR count). The Balaban J connectivity index is 2.42. The van der Waals surface area contributed by atoms with Crippen LogP contribution in [0.15, 0.2) is 18.2 Å². The molecule has 1 heterocycles. The van der Waals surface area contributed by atoms with Crippen molar-refractivity contribution in [1.29, 1.82) is 0 Å². The largest absolute Gasteiger partial charge is 0.368 e. The van der Waals surface area contributed by atoms with Crippen molar-refractivity contribution < 1.29 is 9.59 Å². The molecular formula is C13H15ClN2O2. The summed E-state index contributed by atoms with van der Waals surface area (Å²) in [6, 6.07) is 4.89. The molecule has 1 aromatic carbocycles. The average molecular weight is 267 g/mol. The van der Waals surface area contributed by atoms with E-state index >= 15 is 0 Å². The van der Waals surface area contributed by atoms with Crippen LogP contribution in [0.3, 0.4) is 0 Å². The van der Waals surface area contributed by atoms with Crippen LogP contribution in [-0.4, -0.2) is 24.8 Å². The fourth-order valence-corrected chi connectivity index (χ4v) is 2.62. The van der Waals surface area contributed by atoms with Gasteiger partial charge in [0, 0.05) is 12.2 Å². The van der Waals surface area contributed by atoms with Gasteiger partial charge in [-0.1, -0.05) is 17.7 Å². The molecule has 2 N–H and O–H groups in total. The number of aldehydes is 1. The monoisotopic (exact) mass is 266 g/mol. The fraction of sp³-hybridized carbons (Fsp3) is 0.385. The predicted octanol–water partition coefficient (Wildman–Crippen LogP) is 2.00. The molecule has 1 aromatic rings. The second-order valence-corrected chi connectivity index (χ2v) is 4.81. The third-order valence-corrected chi connectivity index (χ3v) is 3.62. The van der Waals surface area contributed by atoms with Gasteiger partial charge in [0.2, 0.25) is 5.91 Å². The summed E-state index contributed by atoms with van der Waals surface area (Å²) in [5, 5.41) is 0.399. The first-order chi connectivity index (χ1) is 8.65. The Hall–Kier alpha value is -1.55. The number of nitrogens with zero attached hydrogens (tertiary/aromatic N) is 1. The van der Waals surface area contributed by atoms with Crippen molar-refractivity contribution in [3.63, 3.8) is 0 Å². The number of carbonyl (C=O) groups is 2. The van der Waals surface area contributed by atoms with E-state index in [9.17, 15) is 9.59 Å². The SMILES string of the molecule is NC(=O)C1CCCCN1c1cccc(Cl)c1C=O. The van der Waals surface area contributed by atoms with Crippen LogP contribution in [0.2, 0.25) is 5.02 Å². The van der Waals surface area contributed by atoms with Crippen LogP contribution in [0.5, 0.6) is 0 Å². The zero-order valence-corrected chi connectivity index (χ0v) is 10.7. The fourth-order valence-electron chi connectivity index (χ4n) is 2.41. The molecule has 18 heavy (non-hydrogen) atoms. The minimum atomic E-state index is -0.355. The second-order valence-electron chi connectivity index (χ2n) is 4.40. The minimum Gasteiger partial charge on any atom is -0.368 e. The van der Waals surface area contributed by atoms with Gasteiger partial charge in [0.1, 0.15) is 6.04 Å². The number of nitrogens with two attached hydrogens (primary N) is 1. The van der Waals surface area contributed by atoms with Crippen LogP contribution < -0.4 is 10.6 Å². The van der Waals surface area contributed by atoms with E-state index in [1.54, 1.807) is 18.2 Å². The molecule has 1 aliphatic heterocycles. The smallest absolute Gasteiger partial charge is 0.240 e. The minimum absolute atomic E-state index is 0.351. The maximum absolute atomic E-state index is 11.5. The molecule has 1 saturated heterocycles. The van der Waals surface area contributed by atoms with Gasteiger partial charge in [0.05, 0.1) is 10.6 Å². The van der Waals surface area contributed by atoms with Gasteiger partial charge in [-0.15, -0.1) is 0 Å².